The number of amides is 1. The van der Waals surface area contributed by atoms with Crippen LogP contribution < -0.4 is 0 Å². The topological polar surface area (TPSA) is 49.0 Å². The van der Waals surface area contributed by atoms with Gasteiger partial charge in [-0.1, -0.05) is 6.92 Å². The minimum Gasteiger partial charge on any atom is -0.334 e. The van der Waals surface area contributed by atoms with Gasteiger partial charge < -0.3 is 4.90 Å². The van der Waals surface area contributed by atoms with Crippen molar-refractivity contribution >= 4 is 17.7 Å². The molecule has 2 unspecified atom stereocenters. The Bertz CT molecular complexity index is 410. The Kier molecular flexibility index (Phi) is 3.47. The molecule has 1 aromatic heterocycles. The Morgan fingerprint density at radius 2 is 2.18 bits per heavy atom. The number of nitrogens with one attached hydrogen (secondary N) is 1. The van der Waals surface area contributed by atoms with Crippen LogP contribution in [0.5, 0.6) is 0 Å². The molecule has 2 rings (SSSR count). The first kappa shape index (κ1) is 12.5. The predicted octanol–water partition coefficient (Wildman–Crippen LogP) is 1.99. The highest BCUT2D eigenvalue weighted by molar-refractivity contribution is 8.00. The van der Waals surface area contributed by atoms with Crippen LogP contribution in [0.25, 0.3) is 0 Å². The number of thioether (sulfide) groups is 1. The molecule has 94 valence electrons. The minimum absolute atomic E-state index is 0.119. The van der Waals surface area contributed by atoms with Crippen LogP contribution in [0, 0.1) is 13.8 Å². The second-order valence-electron chi connectivity index (χ2n) is 4.62. The summed E-state index contributed by atoms with van der Waals surface area (Å²) in [6.45, 7) is 8.92. The lowest BCUT2D eigenvalue weighted by atomic mass is 10.1. The Morgan fingerprint density at radius 3 is 2.76 bits per heavy atom. The molecule has 17 heavy (non-hydrogen) atoms. The molecule has 1 saturated heterocycles. The van der Waals surface area contributed by atoms with Gasteiger partial charge in [0.2, 0.25) is 0 Å². The van der Waals surface area contributed by atoms with Crippen molar-refractivity contribution in [2.45, 2.75) is 39.0 Å². The van der Waals surface area contributed by atoms with E-state index in [4.69, 9.17) is 0 Å². The lowest BCUT2D eigenvalue weighted by molar-refractivity contribution is 0.0697. The largest absolute Gasteiger partial charge is 0.334 e. The summed E-state index contributed by atoms with van der Waals surface area (Å²) in [4.78, 5) is 14.5. The molecule has 0 bridgehead atoms. The van der Waals surface area contributed by atoms with Crippen LogP contribution in [0.4, 0.5) is 0 Å². The first-order valence-electron chi connectivity index (χ1n) is 5.96. The van der Waals surface area contributed by atoms with Crippen molar-refractivity contribution in [2.24, 2.45) is 0 Å². The summed E-state index contributed by atoms with van der Waals surface area (Å²) >= 11 is 1.94. The third kappa shape index (κ3) is 2.20. The number of hydrogen-bond donors (Lipinski definition) is 1. The van der Waals surface area contributed by atoms with Gasteiger partial charge in [0.1, 0.15) is 0 Å². The number of rotatable bonds is 1. The summed E-state index contributed by atoms with van der Waals surface area (Å²) < 4.78 is 0. The van der Waals surface area contributed by atoms with Gasteiger partial charge in [0.15, 0.2) is 0 Å². The molecule has 1 amide bonds. The van der Waals surface area contributed by atoms with Crippen molar-refractivity contribution in [3.63, 3.8) is 0 Å². The molecule has 4 nitrogen and oxygen atoms in total. The van der Waals surface area contributed by atoms with E-state index in [1.54, 1.807) is 0 Å². The van der Waals surface area contributed by atoms with E-state index >= 15 is 0 Å². The van der Waals surface area contributed by atoms with Gasteiger partial charge in [-0.25, -0.2) is 0 Å². The van der Waals surface area contributed by atoms with Gasteiger partial charge in [-0.05, 0) is 20.8 Å². The summed E-state index contributed by atoms with van der Waals surface area (Å²) in [7, 11) is 0. The monoisotopic (exact) mass is 253 g/mol. The average Bonchev–Trinajstić information content (AvgIpc) is 2.62. The molecule has 2 atom stereocenters. The van der Waals surface area contributed by atoms with Crippen molar-refractivity contribution in [2.75, 3.05) is 12.3 Å². The molecular formula is C12H19N3OS. The van der Waals surface area contributed by atoms with E-state index < -0.39 is 0 Å². The zero-order chi connectivity index (χ0) is 12.6. The fraction of sp³-hybridized carbons (Fsp3) is 0.667. The Hall–Kier alpha value is -0.970. The number of hydrogen-bond acceptors (Lipinski definition) is 3. The second kappa shape index (κ2) is 4.72. The van der Waals surface area contributed by atoms with Crippen LogP contribution in [-0.2, 0) is 0 Å². The van der Waals surface area contributed by atoms with Gasteiger partial charge in [-0.3, -0.25) is 9.89 Å². The molecule has 1 aliphatic heterocycles. The molecule has 5 heteroatoms. The number of aryl methyl sites for hydroxylation is 2. The molecular weight excluding hydrogens is 234 g/mol. The highest BCUT2D eigenvalue weighted by Gasteiger charge is 2.31. The van der Waals surface area contributed by atoms with Crippen molar-refractivity contribution in [3.05, 3.63) is 17.0 Å². The third-order valence-electron chi connectivity index (χ3n) is 3.49. The lowest BCUT2D eigenvalue weighted by Gasteiger charge is -2.37. The predicted molar refractivity (Wildman–Crippen MR) is 70.5 cm³/mol. The van der Waals surface area contributed by atoms with Crippen LogP contribution >= 0.6 is 11.8 Å². The number of aromatic nitrogens is 2. The first-order valence-corrected chi connectivity index (χ1v) is 7.01. The molecule has 2 heterocycles. The van der Waals surface area contributed by atoms with Crippen molar-refractivity contribution in [3.8, 4) is 0 Å². The number of carbonyl (C=O) groups is 1. The summed E-state index contributed by atoms with van der Waals surface area (Å²) in [6, 6.07) is 0.287. The van der Waals surface area contributed by atoms with E-state index in [1.807, 2.05) is 30.5 Å². The Balaban J connectivity index is 2.25. The summed E-state index contributed by atoms with van der Waals surface area (Å²) in [5.74, 6) is 1.14. The van der Waals surface area contributed by atoms with Gasteiger partial charge in [0.25, 0.3) is 5.91 Å². The zero-order valence-corrected chi connectivity index (χ0v) is 11.6. The number of aromatic amines is 1. The number of H-pyrrole nitrogens is 1. The summed E-state index contributed by atoms with van der Waals surface area (Å²) in [6.07, 6.45) is 0. The highest BCUT2D eigenvalue weighted by atomic mass is 32.2. The SMILES string of the molecule is Cc1n[nH]c(C)c1C(=O)N1CCSC(C)C1C. The fourth-order valence-electron chi connectivity index (χ4n) is 2.23. The quantitative estimate of drug-likeness (QED) is 0.832. The van der Waals surface area contributed by atoms with Crippen molar-refractivity contribution < 1.29 is 4.79 Å². The molecule has 0 radical (unpaired) electrons. The maximum absolute atomic E-state index is 12.5. The molecule has 0 saturated carbocycles. The van der Waals surface area contributed by atoms with Crippen LogP contribution in [-0.4, -0.2) is 44.6 Å². The van der Waals surface area contributed by atoms with Crippen molar-refractivity contribution in [1.82, 2.24) is 15.1 Å². The third-order valence-corrected chi connectivity index (χ3v) is 4.82. The standard InChI is InChI=1S/C12H19N3OS/c1-7-11(8(2)14-13-7)12(16)15-5-6-17-10(4)9(15)3/h9-10H,5-6H2,1-4H3,(H,13,14). The molecule has 1 fully saturated rings. The van der Waals surface area contributed by atoms with E-state index in [0.29, 0.717) is 5.25 Å². The molecule has 1 aromatic rings. The van der Waals surface area contributed by atoms with Crippen LogP contribution in [0.1, 0.15) is 35.6 Å². The van der Waals surface area contributed by atoms with Gasteiger partial charge in [-0.2, -0.15) is 16.9 Å². The lowest BCUT2D eigenvalue weighted by Crippen LogP contribution is -2.48. The second-order valence-corrected chi connectivity index (χ2v) is 6.11. The fourth-order valence-corrected chi connectivity index (χ4v) is 3.33. The van der Waals surface area contributed by atoms with E-state index in [0.717, 1.165) is 29.2 Å². The molecule has 0 aliphatic carbocycles. The van der Waals surface area contributed by atoms with E-state index in [-0.39, 0.29) is 11.9 Å². The van der Waals surface area contributed by atoms with Crippen molar-refractivity contribution in [1.29, 1.82) is 0 Å². The van der Waals surface area contributed by atoms with Crippen LogP contribution in [0.15, 0.2) is 0 Å². The van der Waals surface area contributed by atoms with Gasteiger partial charge in [0, 0.05) is 29.3 Å². The van der Waals surface area contributed by atoms with Gasteiger partial charge in [-0.15, -0.1) is 0 Å². The molecule has 0 aromatic carbocycles. The van der Waals surface area contributed by atoms with Gasteiger partial charge >= 0.3 is 0 Å². The van der Waals surface area contributed by atoms with Crippen LogP contribution in [0.2, 0.25) is 0 Å². The smallest absolute Gasteiger partial charge is 0.257 e. The van der Waals surface area contributed by atoms with E-state index in [9.17, 15) is 4.79 Å². The average molecular weight is 253 g/mol. The Morgan fingerprint density at radius 1 is 1.47 bits per heavy atom. The number of nitrogens with zero attached hydrogens (tertiary/aromatic N) is 2. The summed E-state index contributed by atoms with van der Waals surface area (Å²) in [5.41, 5.74) is 2.41. The first-order chi connectivity index (χ1) is 8.02. The van der Waals surface area contributed by atoms with Gasteiger partial charge in [0.05, 0.1) is 11.3 Å². The minimum atomic E-state index is 0.119. The summed E-state index contributed by atoms with van der Waals surface area (Å²) in [5, 5.41) is 7.48. The molecule has 1 N–H and O–H groups in total. The molecule has 0 spiro atoms. The normalized spacial score (nSPS) is 25.1. The van der Waals surface area contributed by atoms with E-state index in [1.165, 1.54) is 0 Å². The molecule has 1 aliphatic rings. The maximum Gasteiger partial charge on any atom is 0.257 e. The number of carbonyl (C=O) groups excluding carboxylic acids is 1. The van der Waals surface area contributed by atoms with E-state index in [2.05, 4.69) is 24.0 Å². The highest BCUT2D eigenvalue weighted by Crippen LogP contribution is 2.26. The van der Waals surface area contributed by atoms with Crippen LogP contribution in [0.3, 0.4) is 0 Å². The zero-order valence-electron chi connectivity index (χ0n) is 10.8. The maximum atomic E-state index is 12.5. The Labute approximate surface area is 106 Å².